The maximum atomic E-state index is 12.4. The lowest BCUT2D eigenvalue weighted by Crippen LogP contribution is -2.31. The fraction of sp³-hybridized carbons (Fsp3) is 0.441. The van der Waals surface area contributed by atoms with Crippen LogP contribution in [0.3, 0.4) is 0 Å². The topological polar surface area (TPSA) is 134 Å². The zero-order valence-electron chi connectivity index (χ0n) is 25.5. The number of nitrogens with one attached hydrogen (secondary N) is 2. The van der Waals surface area contributed by atoms with Gasteiger partial charge in [0.15, 0.2) is 5.78 Å². The first-order chi connectivity index (χ1) is 20.9. The number of unbranched alkanes of at least 4 members (excludes halogenated alkanes) is 2. The first-order valence-electron chi connectivity index (χ1n) is 14.9. The van der Waals surface area contributed by atoms with Crippen LogP contribution in [0.25, 0.3) is 0 Å². The Balaban J connectivity index is 2.10. The summed E-state index contributed by atoms with van der Waals surface area (Å²) in [6.07, 6.45) is 29.0. The summed E-state index contributed by atoms with van der Waals surface area (Å²) in [5.41, 5.74) is -0.0962. The van der Waals surface area contributed by atoms with Crippen LogP contribution < -0.4 is 10.6 Å². The number of Topliss-reactive ketones (excluding diaryl/α,β-unsaturated/α-hetero) is 1. The largest absolute Gasteiger partial charge is 0.507 e. The van der Waals surface area contributed by atoms with E-state index < -0.39 is 24.0 Å². The molecule has 1 atom stereocenters. The van der Waals surface area contributed by atoms with Crippen LogP contribution in [0.2, 0.25) is 0 Å². The molecule has 0 spiro atoms. The van der Waals surface area contributed by atoms with Gasteiger partial charge in [0.05, 0.1) is 6.61 Å². The second kappa shape index (κ2) is 24.6. The van der Waals surface area contributed by atoms with Gasteiger partial charge >= 0.3 is 12.0 Å². The van der Waals surface area contributed by atoms with Gasteiger partial charge in [-0.3, -0.25) is 4.79 Å². The van der Waals surface area contributed by atoms with Crippen LogP contribution in [0.5, 0.6) is 5.75 Å². The molecule has 0 aliphatic carbocycles. The Morgan fingerprint density at radius 1 is 0.860 bits per heavy atom. The van der Waals surface area contributed by atoms with Crippen molar-refractivity contribution in [1.82, 2.24) is 5.32 Å². The maximum absolute atomic E-state index is 12.4. The molecular formula is C34H48N2O7. The molecule has 9 heteroatoms. The van der Waals surface area contributed by atoms with Crippen molar-refractivity contribution in [3.05, 3.63) is 84.5 Å². The van der Waals surface area contributed by atoms with Gasteiger partial charge in [0.2, 0.25) is 6.29 Å². The maximum Gasteiger partial charge on any atom is 0.339 e. The van der Waals surface area contributed by atoms with E-state index in [2.05, 4.69) is 78.3 Å². The van der Waals surface area contributed by atoms with Crippen molar-refractivity contribution >= 4 is 23.5 Å². The summed E-state index contributed by atoms with van der Waals surface area (Å²) in [5.74, 6) is -1.90. The lowest BCUT2D eigenvalue weighted by atomic mass is 10.2. The van der Waals surface area contributed by atoms with Crippen molar-refractivity contribution < 1.29 is 34.1 Å². The number of ketones is 1. The Kier molecular flexibility index (Phi) is 21.2. The Morgan fingerprint density at radius 2 is 1.47 bits per heavy atom. The average Bonchev–Trinajstić information content (AvgIpc) is 2.99. The van der Waals surface area contributed by atoms with E-state index in [9.17, 15) is 19.5 Å². The number of carbonyl (C=O) groups excluding carboxylic acids is 2. The molecule has 0 saturated carbocycles. The number of ether oxygens (including phenoxy) is 2. The van der Waals surface area contributed by atoms with Crippen LogP contribution in [-0.4, -0.2) is 54.5 Å². The molecule has 0 saturated heterocycles. The molecule has 9 nitrogen and oxygen atoms in total. The van der Waals surface area contributed by atoms with E-state index in [1.54, 1.807) is 0 Å². The number of carboxylic acid groups (broad SMARTS) is 1. The summed E-state index contributed by atoms with van der Waals surface area (Å²) >= 11 is 0. The Labute approximate surface area is 256 Å². The number of carbonyl (C=O) groups is 3. The lowest BCUT2D eigenvalue weighted by Gasteiger charge is -2.15. The molecular weight excluding hydrogens is 548 g/mol. The minimum Gasteiger partial charge on any atom is -0.507 e. The fourth-order valence-electron chi connectivity index (χ4n) is 3.76. The van der Waals surface area contributed by atoms with E-state index in [1.165, 1.54) is 19.2 Å². The van der Waals surface area contributed by atoms with Crippen LogP contribution >= 0.6 is 0 Å². The number of allylic oxidation sites excluding steroid dienone is 10. The number of rotatable bonds is 23. The smallest absolute Gasteiger partial charge is 0.339 e. The number of phenols is 1. The number of benzene rings is 1. The predicted octanol–water partition coefficient (Wildman–Crippen LogP) is 7.47. The van der Waals surface area contributed by atoms with E-state index in [4.69, 9.17) is 14.6 Å². The number of amides is 2. The van der Waals surface area contributed by atoms with Crippen molar-refractivity contribution in [2.75, 3.05) is 25.6 Å². The molecule has 0 bridgehead atoms. The Hall–Kier alpha value is -3.95. The third-order valence-corrected chi connectivity index (χ3v) is 6.04. The minimum atomic E-state index is -1.31. The molecule has 0 radical (unpaired) electrons. The summed E-state index contributed by atoms with van der Waals surface area (Å²) in [5, 5.41) is 23.7. The SMILES string of the molecule is CC/C=C\C/C=C\C/C=C\C/C=C\C/C=C\CCCCOC(OC)C(=O)CCCNC(=O)Nc1ccc(O)c(C(=O)O)c1. The summed E-state index contributed by atoms with van der Waals surface area (Å²) in [6.45, 7) is 2.78. The highest BCUT2D eigenvalue weighted by Crippen LogP contribution is 2.21. The first-order valence-corrected chi connectivity index (χ1v) is 14.9. The second-order valence-electron chi connectivity index (χ2n) is 9.63. The van der Waals surface area contributed by atoms with Gasteiger partial charge in [-0.05, 0) is 76.0 Å². The number of anilines is 1. The minimum absolute atomic E-state index is 0.168. The summed E-state index contributed by atoms with van der Waals surface area (Å²) in [6, 6.07) is 3.18. The molecule has 1 rings (SSSR count). The third-order valence-electron chi connectivity index (χ3n) is 6.04. The highest BCUT2D eigenvalue weighted by atomic mass is 16.7. The molecule has 43 heavy (non-hydrogen) atoms. The van der Waals surface area contributed by atoms with Crippen molar-refractivity contribution in [2.45, 2.75) is 77.4 Å². The van der Waals surface area contributed by atoms with E-state index in [0.717, 1.165) is 57.4 Å². The van der Waals surface area contributed by atoms with Crippen LogP contribution in [0.15, 0.2) is 79.0 Å². The highest BCUT2D eigenvalue weighted by Gasteiger charge is 2.18. The van der Waals surface area contributed by atoms with Gasteiger partial charge in [0, 0.05) is 25.8 Å². The van der Waals surface area contributed by atoms with Gasteiger partial charge in [0.25, 0.3) is 0 Å². The number of hydrogen-bond donors (Lipinski definition) is 4. The Bertz CT molecular complexity index is 1110. The number of carboxylic acids is 1. The Morgan fingerprint density at radius 3 is 2.05 bits per heavy atom. The van der Waals surface area contributed by atoms with Crippen molar-refractivity contribution in [3.63, 3.8) is 0 Å². The van der Waals surface area contributed by atoms with Crippen LogP contribution in [-0.2, 0) is 14.3 Å². The van der Waals surface area contributed by atoms with Gasteiger partial charge in [0.1, 0.15) is 11.3 Å². The van der Waals surface area contributed by atoms with Gasteiger partial charge in [-0.15, -0.1) is 0 Å². The highest BCUT2D eigenvalue weighted by molar-refractivity contribution is 5.95. The second-order valence-corrected chi connectivity index (χ2v) is 9.63. The molecule has 1 aromatic carbocycles. The van der Waals surface area contributed by atoms with Crippen molar-refractivity contribution in [2.24, 2.45) is 0 Å². The number of aromatic hydroxyl groups is 1. The van der Waals surface area contributed by atoms with Gasteiger partial charge in [-0.1, -0.05) is 67.7 Å². The van der Waals surface area contributed by atoms with Crippen LogP contribution in [0, 0.1) is 0 Å². The molecule has 1 aromatic rings. The van der Waals surface area contributed by atoms with E-state index in [-0.39, 0.29) is 30.0 Å². The summed E-state index contributed by atoms with van der Waals surface area (Å²) < 4.78 is 10.8. The number of hydrogen-bond acceptors (Lipinski definition) is 6. The predicted molar refractivity (Wildman–Crippen MR) is 171 cm³/mol. The molecule has 0 aliphatic heterocycles. The molecule has 4 N–H and O–H groups in total. The standard InChI is InChI=1S/C34H48N2O7/c1-3-4-5-6-7-8-9-10-11-12-13-14-15-16-17-18-19-20-26-43-33(42-2)31(38)22-21-25-35-34(41)36-28-23-24-30(37)29(27-28)32(39)40/h4-5,7-8,10-11,13-14,16-17,23-24,27,33,37H,3,6,9,12,15,18-22,25-26H2,1-2H3,(H,39,40)(H2,35,36,41)/b5-4-,8-7-,11-10-,14-13-,17-16-. The first kappa shape index (κ1) is 37.1. The van der Waals surface area contributed by atoms with E-state index in [1.807, 2.05) is 0 Å². The van der Waals surface area contributed by atoms with E-state index in [0.29, 0.717) is 13.0 Å². The number of aromatic carboxylic acids is 1. The zero-order valence-corrected chi connectivity index (χ0v) is 25.5. The lowest BCUT2D eigenvalue weighted by molar-refractivity contribution is -0.163. The average molecular weight is 597 g/mol. The zero-order chi connectivity index (χ0) is 31.5. The normalized spacial score (nSPS) is 12.7. The summed E-state index contributed by atoms with van der Waals surface area (Å²) in [4.78, 5) is 35.5. The van der Waals surface area contributed by atoms with Crippen LogP contribution in [0.4, 0.5) is 10.5 Å². The molecule has 2 amide bonds. The molecule has 236 valence electrons. The summed E-state index contributed by atoms with van der Waals surface area (Å²) in [7, 11) is 1.42. The third kappa shape index (κ3) is 19.0. The molecule has 0 aliphatic rings. The molecule has 1 unspecified atom stereocenters. The number of urea groups is 1. The number of methoxy groups -OCH3 is 1. The quantitative estimate of drug-likeness (QED) is 0.0445. The molecule has 0 heterocycles. The van der Waals surface area contributed by atoms with Crippen LogP contribution in [0.1, 0.15) is 81.5 Å². The molecule has 0 aromatic heterocycles. The van der Waals surface area contributed by atoms with Crippen molar-refractivity contribution in [1.29, 1.82) is 0 Å². The van der Waals surface area contributed by atoms with Gasteiger partial charge in [-0.2, -0.15) is 0 Å². The monoisotopic (exact) mass is 596 g/mol. The van der Waals surface area contributed by atoms with Gasteiger partial charge < -0.3 is 30.3 Å². The fourth-order valence-corrected chi connectivity index (χ4v) is 3.76. The van der Waals surface area contributed by atoms with E-state index >= 15 is 0 Å². The van der Waals surface area contributed by atoms with Gasteiger partial charge in [-0.25, -0.2) is 9.59 Å². The van der Waals surface area contributed by atoms with Crippen molar-refractivity contribution in [3.8, 4) is 5.75 Å². The molecule has 0 fully saturated rings.